The minimum atomic E-state index is -2.83. The standard InChI is InChI=1S/C29H25BF10Si2/c1-12-15(29(42(5,6)7)14-11-9-8-10-13(14)28(12)41(2,3)4)30(16-18(31)22(35)26(39)23(36)19(16)32)17-20(33)24(37)27(40)25(38)21(17)34/h8-11H,1-7H3. The van der Waals surface area contributed by atoms with E-state index in [1.165, 1.54) is 6.92 Å². The van der Waals surface area contributed by atoms with E-state index >= 15 is 17.6 Å². The molecule has 0 bridgehead atoms. The first-order valence-electron chi connectivity index (χ1n) is 12.8. The zero-order chi connectivity index (χ0) is 31.8. The SMILES string of the molecule is Cc1c(B(c2c(F)c(F)c(F)c(F)c2F)c2c(F)c(F)c(F)c(F)c2F)c([Si](C)(C)C)c2ccccc2c1[Si](C)(C)C. The van der Waals surface area contributed by atoms with Crippen LogP contribution in [-0.2, 0) is 0 Å². The van der Waals surface area contributed by atoms with Gasteiger partial charge in [0.15, 0.2) is 58.2 Å². The smallest absolute Gasteiger partial charge is 0.204 e. The van der Waals surface area contributed by atoms with Crippen molar-refractivity contribution in [1.29, 1.82) is 0 Å². The molecule has 4 aromatic carbocycles. The van der Waals surface area contributed by atoms with Gasteiger partial charge in [-0.2, -0.15) is 0 Å². The molecule has 222 valence electrons. The lowest BCUT2D eigenvalue weighted by Crippen LogP contribution is -2.67. The van der Waals surface area contributed by atoms with Gasteiger partial charge in [0.2, 0.25) is 0 Å². The third-order valence-corrected chi connectivity index (χ3v) is 11.6. The average molecular weight is 630 g/mol. The van der Waals surface area contributed by atoms with E-state index in [0.29, 0.717) is 21.1 Å². The molecule has 0 radical (unpaired) electrons. The molecule has 4 aromatic rings. The predicted octanol–water partition coefficient (Wildman–Crippen LogP) is 6.15. The monoisotopic (exact) mass is 630 g/mol. The van der Waals surface area contributed by atoms with Gasteiger partial charge in [-0.15, -0.1) is 0 Å². The molecule has 0 heterocycles. The summed E-state index contributed by atoms with van der Waals surface area (Å²) in [7, 11) is -5.32. The molecule has 0 saturated carbocycles. The third kappa shape index (κ3) is 4.78. The van der Waals surface area contributed by atoms with Gasteiger partial charge in [0.25, 0.3) is 6.71 Å². The lowest BCUT2D eigenvalue weighted by atomic mass is 9.35. The predicted molar refractivity (Wildman–Crippen MR) is 152 cm³/mol. The van der Waals surface area contributed by atoms with E-state index < -0.39 is 92.0 Å². The average Bonchev–Trinajstić information content (AvgIpc) is 2.90. The van der Waals surface area contributed by atoms with Crippen LogP contribution in [0.15, 0.2) is 24.3 Å². The van der Waals surface area contributed by atoms with Gasteiger partial charge < -0.3 is 0 Å². The summed E-state index contributed by atoms with van der Waals surface area (Å²) in [5.74, 6) is -24.5. The fourth-order valence-electron chi connectivity index (χ4n) is 5.91. The number of hydrogen-bond acceptors (Lipinski definition) is 0. The first-order valence-corrected chi connectivity index (χ1v) is 19.8. The quantitative estimate of drug-likeness (QED) is 0.108. The molecule has 0 unspecified atom stereocenters. The van der Waals surface area contributed by atoms with E-state index in [1.807, 2.05) is 19.6 Å². The molecule has 0 aromatic heterocycles. The Kier molecular flexibility index (Phi) is 8.03. The van der Waals surface area contributed by atoms with Crippen LogP contribution in [0.2, 0.25) is 39.3 Å². The molecular formula is C29H25BF10Si2. The Morgan fingerprint density at radius 2 is 0.714 bits per heavy atom. The van der Waals surface area contributed by atoms with Crippen LogP contribution in [-0.4, -0.2) is 22.9 Å². The van der Waals surface area contributed by atoms with Crippen molar-refractivity contribution >= 4 is 60.4 Å². The van der Waals surface area contributed by atoms with Gasteiger partial charge in [-0.05, 0) is 17.7 Å². The van der Waals surface area contributed by atoms with Crippen molar-refractivity contribution in [3.8, 4) is 0 Å². The third-order valence-electron chi connectivity index (χ3n) is 7.37. The Labute approximate surface area is 238 Å². The fraction of sp³-hybridized carbons (Fsp3) is 0.241. The van der Waals surface area contributed by atoms with E-state index in [9.17, 15) is 26.3 Å². The Bertz CT molecular complexity index is 1650. The van der Waals surface area contributed by atoms with Gasteiger partial charge in [-0.25, -0.2) is 43.9 Å². The van der Waals surface area contributed by atoms with Gasteiger partial charge in [0.05, 0.1) is 16.1 Å². The van der Waals surface area contributed by atoms with Crippen molar-refractivity contribution in [3.05, 3.63) is 88.0 Å². The van der Waals surface area contributed by atoms with Gasteiger partial charge in [0.1, 0.15) is 0 Å². The Morgan fingerprint density at radius 1 is 0.429 bits per heavy atom. The van der Waals surface area contributed by atoms with Crippen LogP contribution in [0, 0.1) is 65.1 Å². The normalized spacial score (nSPS) is 12.4. The van der Waals surface area contributed by atoms with E-state index in [4.69, 9.17) is 0 Å². The molecule has 0 N–H and O–H groups in total. The van der Waals surface area contributed by atoms with E-state index in [0.717, 1.165) is 0 Å². The fourth-order valence-corrected chi connectivity index (χ4v) is 10.4. The number of benzene rings is 4. The van der Waals surface area contributed by atoms with E-state index in [-0.39, 0.29) is 11.0 Å². The second-order valence-electron chi connectivity index (χ2n) is 12.2. The first kappa shape index (κ1) is 31.9. The maximum atomic E-state index is 15.6. The molecule has 0 amide bonds. The summed E-state index contributed by atoms with van der Waals surface area (Å²) < 4.78 is 149. The lowest BCUT2D eigenvalue weighted by molar-refractivity contribution is 0.382. The largest absolute Gasteiger partial charge is 0.257 e. The van der Waals surface area contributed by atoms with Crippen molar-refractivity contribution < 1.29 is 43.9 Å². The highest BCUT2D eigenvalue weighted by Gasteiger charge is 2.44. The molecule has 0 aliphatic carbocycles. The maximum Gasteiger partial charge on any atom is 0.257 e. The van der Waals surface area contributed by atoms with Crippen LogP contribution < -0.4 is 26.8 Å². The van der Waals surface area contributed by atoms with Crippen LogP contribution in [0.5, 0.6) is 0 Å². The molecule has 4 rings (SSSR count). The minimum Gasteiger partial charge on any atom is -0.204 e. The Balaban J connectivity index is 2.45. The number of rotatable bonds is 5. The molecule has 0 fully saturated rings. The highest BCUT2D eigenvalue weighted by molar-refractivity contribution is 7.04. The molecule has 0 spiro atoms. The lowest BCUT2D eigenvalue weighted by Gasteiger charge is -2.34. The molecule has 0 aliphatic heterocycles. The van der Waals surface area contributed by atoms with Gasteiger partial charge >= 0.3 is 0 Å². The van der Waals surface area contributed by atoms with Gasteiger partial charge in [-0.1, -0.05) is 84.9 Å². The molecule has 13 heteroatoms. The second kappa shape index (κ2) is 10.6. The molecule has 0 atom stereocenters. The molecule has 0 nitrogen and oxygen atoms in total. The van der Waals surface area contributed by atoms with Crippen molar-refractivity contribution in [2.45, 2.75) is 46.2 Å². The van der Waals surface area contributed by atoms with Crippen LogP contribution >= 0.6 is 0 Å². The van der Waals surface area contributed by atoms with Crippen LogP contribution in [0.3, 0.4) is 0 Å². The Hall–Kier alpha value is -3.06. The second-order valence-corrected chi connectivity index (χ2v) is 22.2. The van der Waals surface area contributed by atoms with Crippen molar-refractivity contribution in [1.82, 2.24) is 0 Å². The summed E-state index contributed by atoms with van der Waals surface area (Å²) >= 11 is 0. The number of halogens is 10. The minimum absolute atomic E-state index is 0.211. The molecule has 0 saturated heterocycles. The number of fused-ring (bicyclic) bond motifs is 1. The summed E-state index contributed by atoms with van der Waals surface area (Å²) in [5.41, 5.74) is -3.47. The van der Waals surface area contributed by atoms with Crippen LogP contribution in [0.4, 0.5) is 43.9 Å². The van der Waals surface area contributed by atoms with Gasteiger partial charge in [-0.3, -0.25) is 0 Å². The summed E-state index contributed by atoms with van der Waals surface area (Å²) in [6, 6.07) is 6.83. The first-order chi connectivity index (χ1) is 19.2. The number of hydrogen-bond donors (Lipinski definition) is 0. The summed E-state index contributed by atoms with van der Waals surface area (Å²) in [6.45, 7) is 9.94. The summed E-state index contributed by atoms with van der Waals surface area (Å²) in [6.07, 6.45) is 0. The van der Waals surface area contributed by atoms with Gasteiger partial charge in [0, 0.05) is 10.9 Å². The molecular weight excluding hydrogens is 605 g/mol. The summed E-state index contributed by atoms with van der Waals surface area (Å²) in [4.78, 5) is 0. The molecule has 0 aliphatic rings. The van der Waals surface area contributed by atoms with E-state index in [1.54, 1.807) is 43.9 Å². The maximum absolute atomic E-state index is 15.6. The van der Waals surface area contributed by atoms with Crippen molar-refractivity contribution in [2.24, 2.45) is 0 Å². The Morgan fingerprint density at radius 3 is 1.02 bits per heavy atom. The van der Waals surface area contributed by atoms with Crippen molar-refractivity contribution in [3.63, 3.8) is 0 Å². The highest BCUT2D eigenvalue weighted by Crippen LogP contribution is 2.24. The zero-order valence-electron chi connectivity index (χ0n) is 23.7. The summed E-state index contributed by atoms with van der Waals surface area (Å²) in [5, 5.41) is 2.15. The zero-order valence-corrected chi connectivity index (χ0v) is 25.7. The highest BCUT2D eigenvalue weighted by atomic mass is 28.3. The van der Waals surface area contributed by atoms with E-state index in [2.05, 4.69) is 0 Å². The van der Waals surface area contributed by atoms with Crippen molar-refractivity contribution in [2.75, 3.05) is 0 Å². The molecule has 42 heavy (non-hydrogen) atoms. The van der Waals surface area contributed by atoms with Crippen LogP contribution in [0.25, 0.3) is 10.8 Å². The van der Waals surface area contributed by atoms with Crippen LogP contribution in [0.1, 0.15) is 5.56 Å². The topological polar surface area (TPSA) is 0 Å².